The first kappa shape index (κ1) is 14.8. The van der Waals surface area contributed by atoms with Crippen molar-refractivity contribution in [2.24, 2.45) is 0 Å². The van der Waals surface area contributed by atoms with E-state index in [1.807, 2.05) is 11.0 Å². The molecule has 122 valence electrons. The van der Waals surface area contributed by atoms with E-state index in [1.54, 1.807) is 12.3 Å². The number of halogens is 3. The van der Waals surface area contributed by atoms with Crippen LogP contribution in [0.4, 0.5) is 19.0 Å². The van der Waals surface area contributed by atoms with Crippen LogP contribution in [-0.4, -0.2) is 26.5 Å². The molecule has 0 N–H and O–H groups in total. The Morgan fingerprint density at radius 2 is 1.79 bits per heavy atom. The average Bonchev–Trinajstić information content (AvgIpc) is 2.54. The lowest BCUT2D eigenvalue weighted by atomic mass is 9.93. The van der Waals surface area contributed by atoms with Gasteiger partial charge in [-0.3, -0.25) is 4.98 Å². The fraction of sp³-hybridized carbons (Fsp3) is 0.250. The predicted octanol–water partition coefficient (Wildman–Crippen LogP) is 3.39. The van der Waals surface area contributed by atoms with E-state index < -0.39 is 17.9 Å². The quantitative estimate of drug-likeness (QED) is 0.720. The number of hydrogen-bond donors (Lipinski definition) is 0. The molecule has 0 aromatic carbocycles. The van der Waals surface area contributed by atoms with Crippen LogP contribution in [0.2, 0.25) is 0 Å². The van der Waals surface area contributed by atoms with Crippen molar-refractivity contribution in [3.05, 3.63) is 54.2 Å². The van der Waals surface area contributed by atoms with Crippen LogP contribution in [0.3, 0.4) is 0 Å². The first-order valence-electron chi connectivity index (χ1n) is 7.40. The third-order valence-corrected chi connectivity index (χ3v) is 4.15. The standard InChI is InChI=1S/C16H12F3N5/c17-16(18,19)13-10(3-1-6-20-13)12-5-8-24(12)15-11-4-2-7-21-14(11)22-9-23-15/h1-4,6-7,9,12H,5,8H2. The molecule has 24 heavy (non-hydrogen) atoms. The molecule has 1 fully saturated rings. The molecule has 8 heteroatoms. The molecule has 1 saturated heterocycles. The minimum Gasteiger partial charge on any atom is -0.349 e. The maximum atomic E-state index is 13.2. The fourth-order valence-corrected chi connectivity index (χ4v) is 3.00. The molecule has 1 atom stereocenters. The van der Waals surface area contributed by atoms with E-state index in [4.69, 9.17) is 0 Å². The Kier molecular flexibility index (Phi) is 3.33. The Balaban J connectivity index is 1.78. The first-order chi connectivity index (χ1) is 11.6. The van der Waals surface area contributed by atoms with Gasteiger partial charge in [0.25, 0.3) is 0 Å². The topological polar surface area (TPSA) is 54.8 Å². The second kappa shape index (κ2) is 5.40. The van der Waals surface area contributed by atoms with Crippen molar-refractivity contribution in [3.8, 4) is 0 Å². The largest absolute Gasteiger partial charge is 0.433 e. The van der Waals surface area contributed by atoms with Crippen LogP contribution in [0.25, 0.3) is 11.0 Å². The number of pyridine rings is 2. The Hall–Kier alpha value is -2.77. The number of nitrogens with zero attached hydrogens (tertiary/aromatic N) is 5. The molecule has 0 aliphatic carbocycles. The van der Waals surface area contributed by atoms with Crippen molar-refractivity contribution in [1.29, 1.82) is 0 Å². The number of fused-ring (bicyclic) bond motifs is 1. The summed E-state index contributed by atoms with van der Waals surface area (Å²) in [6, 6.07) is 6.18. The van der Waals surface area contributed by atoms with Crippen LogP contribution in [-0.2, 0) is 6.18 Å². The van der Waals surface area contributed by atoms with E-state index in [0.717, 1.165) is 5.39 Å². The zero-order chi connectivity index (χ0) is 16.7. The van der Waals surface area contributed by atoms with Crippen molar-refractivity contribution >= 4 is 16.9 Å². The predicted molar refractivity (Wildman–Crippen MR) is 81.3 cm³/mol. The Morgan fingerprint density at radius 1 is 1.00 bits per heavy atom. The van der Waals surface area contributed by atoms with E-state index in [-0.39, 0.29) is 5.56 Å². The second-order valence-corrected chi connectivity index (χ2v) is 5.51. The van der Waals surface area contributed by atoms with E-state index in [1.165, 1.54) is 24.7 Å². The van der Waals surface area contributed by atoms with Gasteiger partial charge in [0.1, 0.15) is 17.8 Å². The highest BCUT2D eigenvalue weighted by atomic mass is 19.4. The van der Waals surface area contributed by atoms with Crippen LogP contribution >= 0.6 is 0 Å². The Morgan fingerprint density at radius 3 is 2.54 bits per heavy atom. The number of anilines is 1. The lowest BCUT2D eigenvalue weighted by Gasteiger charge is -2.43. The highest BCUT2D eigenvalue weighted by Gasteiger charge is 2.41. The molecule has 0 amide bonds. The zero-order valence-electron chi connectivity index (χ0n) is 12.4. The second-order valence-electron chi connectivity index (χ2n) is 5.51. The van der Waals surface area contributed by atoms with Gasteiger partial charge in [0.05, 0.1) is 11.4 Å². The molecule has 0 spiro atoms. The van der Waals surface area contributed by atoms with Crippen LogP contribution in [0.5, 0.6) is 0 Å². The maximum Gasteiger partial charge on any atom is 0.433 e. The molecule has 5 nitrogen and oxygen atoms in total. The van der Waals surface area contributed by atoms with Crippen molar-refractivity contribution in [1.82, 2.24) is 19.9 Å². The SMILES string of the molecule is FC(F)(F)c1ncccc1C1CCN1c1ncnc2ncccc12. The normalized spacial score (nSPS) is 17.8. The van der Waals surface area contributed by atoms with Crippen LogP contribution in [0.1, 0.15) is 23.7 Å². The summed E-state index contributed by atoms with van der Waals surface area (Å²) in [5.74, 6) is 0.598. The molecule has 1 aliphatic rings. The third-order valence-electron chi connectivity index (χ3n) is 4.15. The van der Waals surface area contributed by atoms with Gasteiger partial charge in [-0.2, -0.15) is 13.2 Å². The molecule has 4 rings (SSSR count). The molecule has 1 aliphatic heterocycles. The van der Waals surface area contributed by atoms with Gasteiger partial charge in [0.2, 0.25) is 0 Å². The molecule has 0 saturated carbocycles. The van der Waals surface area contributed by atoms with Gasteiger partial charge >= 0.3 is 6.18 Å². The van der Waals surface area contributed by atoms with Gasteiger partial charge < -0.3 is 4.90 Å². The van der Waals surface area contributed by atoms with Crippen molar-refractivity contribution < 1.29 is 13.2 Å². The lowest BCUT2D eigenvalue weighted by Crippen LogP contribution is -2.42. The zero-order valence-corrected chi connectivity index (χ0v) is 12.4. The summed E-state index contributed by atoms with van der Waals surface area (Å²) in [6.45, 7) is 0.623. The van der Waals surface area contributed by atoms with Gasteiger partial charge in [-0.1, -0.05) is 6.07 Å². The average molecular weight is 331 g/mol. The van der Waals surface area contributed by atoms with E-state index in [2.05, 4.69) is 19.9 Å². The third kappa shape index (κ3) is 2.34. The van der Waals surface area contributed by atoms with Crippen molar-refractivity contribution in [3.63, 3.8) is 0 Å². The van der Waals surface area contributed by atoms with Crippen molar-refractivity contribution in [2.45, 2.75) is 18.6 Å². The monoisotopic (exact) mass is 331 g/mol. The lowest BCUT2D eigenvalue weighted by molar-refractivity contribution is -0.142. The van der Waals surface area contributed by atoms with Crippen molar-refractivity contribution in [2.75, 3.05) is 11.4 Å². The number of hydrogen-bond acceptors (Lipinski definition) is 5. The minimum absolute atomic E-state index is 0.173. The van der Waals surface area contributed by atoms with E-state index in [9.17, 15) is 13.2 Å². The number of rotatable bonds is 2. The Labute approximate surface area is 135 Å². The summed E-state index contributed by atoms with van der Waals surface area (Å²) in [5, 5.41) is 0.724. The van der Waals surface area contributed by atoms with Crippen LogP contribution < -0.4 is 4.90 Å². The van der Waals surface area contributed by atoms with Gasteiger partial charge in [0.15, 0.2) is 5.65 Å². The summed E-state index contributed by atoms with van der Waals surface area (Å²) in [5.41, 5.74) is -0.140. The summed E-state index contributed by atoms with van der Waals surface area (Å²) in [7, 11) is 0. The molecule has 4 heterocycles. The van der Waals surface area contributed by atoms with E-state index >= 15 is 0 Å². The maximum absolute atomic E-state index is 13.2. The van der Waals surface area contributed by atoms with E-state index in [0.29, 0.717) is 24.4 Å². The number of aromatic nitrogens is 4. The summed E-state index contributed by atoms with van der Waals surface area (Å²) in [6.07, 6.45) is 0.302. The highest BCUT2D eigenvalue weighted by Crippen LogP contribution is 2.43. The van der Waals surface area contributed by atoms with Gasteiger partial charge in [0, 0.05) is 24.5 Å². The summed E-state index contributed by atoms with van der Waals surface area (Å²) in [4.78, 5) is 17.9. The molecule has 3 aromatic rings. The molecule has 3 aromatic heterocycles. The molecular weight excluding hydrogens is 319 g/mol. The first-order valence-corrected chi connectivity index (χ1v) is 7.40. The van der Waals surface area contributed by atoms with Crippen LogP contribution in [0, 0.1) is 0 Å². The van der Waals surface area contributed by atoms with Crippen LogP contribution in [0.15, 0.2) is 43.0 Å². The molecule has 0 radical (unpaired) electrons. The highest BCUT2D eigenvalue weighted by molar-refractivity contribution is 5.87. The fourth-order valence-electron chi connectivity index (χ4n) is 3.00. The molecular formula is C16H12F3N5. The van der Waals surface area contributed by atoms with Gasteiger partial charge in [-0.15, -0.1) is 0 Å². The molecule has 0 bridgehead atoms. The minimum atomic E-state index is -4.48. The smallest absolute Gasteiger partial charge is 0.349 e. The van der Waals surface area contributed by atoms with Gasteiger partial charge in [-0.25, -0.2) is 15.0 Å². The van der Waals surface area contributed by atoms with Gasteiger partial charge in [-0.05, 0) is 24.6 Å². The molecule has 1 unspecified atom stereocenters. The Bertz CT molecular complexity index is 891. The summed E-state index contributed by atoms with van der Waals surface area (Å²) < 4.78 is 39.7. The summed E-state index contributed by atoms with van der Waals surface area (Å²) >= 11 is 0. The number of alkyl halides is 3.